The molecule has 0 unspecified atom stereocenters. The standard InChI is InChI=1S/C20H24N2O5S/c1-14-5-8-16(26-2)12-19(14)22-20(23)15-6-9-18(10-7-15)28(24,25)21-13-17-4-3-11-27-17/h5-10,12,17,21H,3-4,11,13H2,1-2H3,(H,22,23)/t17-/m1/s1. The largest absolute Gasteiger partial charge is 0.497 e. The monoisotopic (exact) mass is 404 g/mol. The van der Waals surface area contributed by atoms with E-state index in [-0.39, 0.29) is 23.5 Å². The molecule has 8 heteroatoms. The van der Waals surface area contributed by atoms with Gasteiger partial charge in [-0.25, -0.2) is 13.1 Å². The van der Waals surface area contributed by atoms with Crippen LogP contribution in [0.2, 0.25) is 0 Å². The number of carbonyl (C=O) groups excluding carboxylic acids is 1. The van der Waals surface area contributed by atoms with Crippen molar-refractivity contribution in [1.82, 2.24) is 4.72 Å². The Morgan fingerprint density at radius 3 is 2.61 bits per heavy atom. The summed E-state index contributed by atoms with van der Waals surface area (Å²) >= 11 is 0. The molecule has 1 fully saturated rings. The van der Waals surface area contributed by atoms with E-state index in [4.69, 9.17) is 9.47 Å². The Morgan fingerprint density at radius 1 is 1.21 bits per heavy atom. The molecule has 1 aliphatic heterocycles. The summed E-state index contributed by atoms with van der Waals surface area (Å²) in [5.74, 6) is 0.312. The van der Waals surface area contributed by atoms with E-state index < -0.39 is 10.0 Å². The van der Waals surface area contributed by atoms with Crippen LogP contribution in [0, 0.1) is 6.92 Å². The molecule has 150 valence electrons. The van der Waals surface area contributed by atoms with Gasteiger partial charge in [-0.2, -0.15) is 0 Å². The number of ether oxygens (including phenoxy) is 2. The van der Waals surface area contributed by atoms with Crippen LogP contribution in [0.15, 0.2) is 47.4 Å². The number of amides is 1. The van der Waals surface area contributed by atoms with Crippen molar-refractivity contribution < 1.29 is 22.7 Å². The molecule has 0 spiro atoms. The highest BCUT2D eigenvalue weighted by Crippen LogP contribution is 2.22. The van der Waals surface area contributed by atoms with Crippen LogP contribution in [0.5, 0.6) is 5.75 Å². The molecular weight excluding hydrogens is 380 g/mol. The van der Waals surface area contributed by atoms with Crippen molar-refractivity contribution in [2.75, 3.05) is 25.6 Å². The first-order valence-corrected chi connectivity index (χ1v) is 10.5. The third-order valence-corrected chi connectivity index (χ3v) is 6.08. The lowest BCUT2D eigenvalue weighted by molar-refractivity contribution is 0.102. The Kier molecular flexibility index (Phi) is 6.33. The van der Waals surface area contributed by atoms with Gasteiger partial charge in [-0.3, -0.25) is 4.79 Å². The van der Waals surface area contributed by atoms with E-state index >= 15 is 0 Å². The first-order chi connectivity index (χ1) is 13.4. The molecule has 1 atom stereocenters. The summed E-state index contributed by atoms with van der Waals surface area (Å²) in [6.45, 7) is 2.80. The van der Waals surface area contributed by atoms with Crippen LogP contribution in [0.4, 0.5) is 5.69 Å². The Hall–Kier alpha value is -2.42. The van der Waals surface area contributed by atoms with E-state index in [1.807, 2.05) is 19.1 Å². The number of benzene rings is 2. The zero-order valence-electron chi connectivity index (χ0n) is 15.9. The van der Waals surface area contributed by atoms with Gasteiger partial charge in [0.1, 0.15) is 5.75 Å². The molecular formula is C20H24N2O5S. The summed E-state index contributed by atoms with van der Waals surface area (Å²) < 4.78 is 38.0. The zero-order chi connectivity index (χ0) is 20.1. The van der Waals surface area contributed by atoms with Gasteiger partial charge in [0.25, 0.3) is 5.91 Å². The smallest absolute Gasteiger partial charge is 0.255 e. The number of rotatable bonds is 7. The third-order valence-electron chi connectivity index (χ3n) is 4.64. The molecule has 28 heavy (non-hydrogen) atoms. The Labute approximate surface area is 165 Å². The topological polar surface area (TPSA) is 93.7 Å². The lowest BCUT2D eigenvalue weighted by Crippen LogP contribution is -2.31. The third kappa shape index (κ3) is 4.89. The Bertz CT molecular complexity index is 936. The molecule has 0 aromatic heterocycles. The van der Waals surface area contributed by atoms with Gasteiger partial charge < -0.3 is 14.8 Å². The average Bonchev–Trinajstić information content (AvgIpc) is 3.22. The first kappa shape index (κ1) is 20.3. The molecule has 3 rings (SSSR count). The molecule has 1 amide bonds. The second-order valence-electron chi connectivity index (χ2n) is 6.65. The number of hydrogen-bond donors (Lipinski definition) is 2. The maximum absolute atomic E-state index is 12.5. The predicted molar refractivity (Wildman–Crippen MR) is 106 cm³/mol. The van der Waals surface area contributed by atoms with Crippen LogP contribution in [0.25, 0.3) is 0 Å². The summed E-state index contributed by atoms with van der Waals surface area (Å²) in [5, 5.41) is 2.82. The Balaban J connectivity index is 1.67. The zero-order valence-corrected chi connectivity index (χ0v) is 16.7. The van der Waals surface area contributed by atoms with Gasteiger partial charge in [0.15, 0.2) is 0 Å². The second-order valence-corrected chi connectivity index (χ2v) is 8.41. The van der Waals surface area contributed by atoms with Gasteiger partial charge in [0, 0.05) is 30.5 Å². The molecule has 7 nitrogen and oxygen atoms in total. The normalized spacial score (nSPS) is 16.7. The number of hydrogen-bond acceptors (Lipinski definition) is 5. The lowest BCUT2D eigenvalue weighted by atomic mass is 10.1. The summed E-state index contributed by atoms with van der Waals surface area (Å²) in [6.07, 6.45) is 1.72. The van der Waals surface area contributed by atoms with Crippen molar-refractivity contribution in [1.29, 1.82) is 0 Å². The average molecular weight is 404 g/mol. The summed E-state index contributed by atoms with van der Waals surface area (Å²) in [5.41, 5.74) is 1.89. The minimum atomic E-state index is -3.64. The minimum Gasteiger partial charge on any atom is -0.497 e. The van der Waals surface area contributed by atoms with Crippen LogP contribution in [0.1, 0.15) is 28.8 Å². The van der Waals surface area contributed by atoms with Crippen LogP contribution < -0.4 is 14.8 Å². The van der Waals surface area contributed by atoms with Crippen LogP contribution in [-0.4, -0.2) is 40.7 Å². The van der Waals surface area contributed by atoms with Gasteiger partial charge in [0.05, 0.1) is 18.1 Å². The van der Waals surface area contributed by atoms with Crippen molar-refractivity contribution in [3.05, 3.63) is 53.6 Å². The van der Waals surface area contributed by atoms with Crippen LogP contribution in [-0.2, 0) is 14.8 Å². The Morgan fingerprint density at radius 2 is 1.96 bits per heavy atom. The highest BCUT2D eigenvalue weighted by Gasteiger charge is 2.20. The van der Waals surface area contributed by atoms with Crippen LogP contribution in [0.3, 0.4) is 0 Å². The van der Waals surface area contributed by atoms with Crippen molar-refractivity contribution in [3.8, 4) is 5.75 Å². The molecule has 2 aromatic rings. The molecule has 2 N–H and O–H groups in total. The number of nitrogens with one attached hydrogen (secondary N) is 2. The SMILES string of the molecule is COc1ccc(C)c(NC(=O)c2ccc(S(=O)(=O)NC[C@H]3CCCO3)cc2)c1. The van der Waals surface area contributed by atoms with E-state index in [0.29, 0.717) is 23.6 Å². The molecule has 0 saturated carbocycles. The fraction of sp³-hybridized carbons (Fsp3) is 0.350. The quantitative estimate of drug-likeness (QED) is 0.740. The number of carbonyl (C=O) groups is 1. The van der Waals surface area contributed by atoms with Crippen molar-refractivity contribution in [2.24, 2.45) is 0 Å². The molecule has 0 bridgehead atoms. The summed E-state index contributed by atoms with van der Waals surface area (Å²) in [6, 6.07) is 11.2. The maximum Gasteiger partial charge on any atom is 0.255 e. The molecule has 2 aromatic carbocycles. The van der Waals surface area contributed by atoms with E-state index in [2.05, 4.69) is 10.0 Å². The van der Waals surface area contributed by atoms with Crippen molar-refractivity contribution in [3.63, 3.8) is 0 Å². The highest BCUT2D eigenvalue weighted by molar-refractivity contribution is 7.89. The lowest BCUT2D eigenvalue weighted by Gasteiger charge is -2.12. The second kappa shape index (κ2) is 8.72. The number of anilines is 1. The molecule has 1 aliphatic rings. The molecule has 1 saturated heterocycles. The number of methoxy groups -OCH3 is 1. The van der Waals surface area contributed by atoms with E-state index in [1.54, 1.807) is 13.2 Å². The van der Waals surface area contributed by atoms with E-state index in [1.165, 1.54) is 24.3 Å². The van der Waals surface area contributed by atoms with Gasteiger partial charge in [-0.05, 0) is 55.7 Å². The predicted octanol–water partition coefficient (Wildman–Crippen LogP) is 2.71. The first-order valence-electron chi connectivity index (χ1n) is 9.06. The minimum absolute atomic E-state index is 0.0778. The maximum atomic E-state index is 12.5. The summed E-state index contributed by atoms with van der Waals surface area (Å²) in [7, 11) is -2.09. The highest BCUT2D eigenvalue weighted by atomic mass is 32.2. The fourth-order valence-corrected chi connectivity index (χ4v) is 4.00. The molecule has 1 heterocycles. The fourth-order valence-electron chi connectivity index (χ4n) is 2.93. The van der Waals surface area contributed by atoms with Gasteiger partial charge in [-0.15, -0.1) is 0 Å². The van der Waals surface area contributed by atoms with Crippen LogP contribution >= 0.6 is 0 Å². The molecule has 0 aliphatic carbocycles. The number of aryl methyl sites for hydroxylation is 1. The van der Waals surface area contributed by atoms with Crippen molar-refractivity contribution >= 4 is 21.6 Å². The van der Waals surface area contributed by atoms with Gasteiger partial charge >= 0.3 is 0 Å². The van der Waals surface area contributed by atoms with E-state index in [0.717, 1.165) is 18.4 Å². The van der Waals surface area contributed by atoms with E-state index in [9.17, 15) is 13.2 Å². The van der Waals surface area contributed by atoms with Gasteiger partial charge in [-0.1, -0.05) is 6.07 Å². The summed E-state index contributed by atoms with van der Waals surface area (Å²) in [4.78, 5) is 12.6. The number of sulfonamides is 1. The van der Waals surface area contributed by atoms with Gasteiger partial charge in [0.2, 0.25) is 10.0 Å². The van der Waals surface area contributed by atoms with Crippen molar-refractivity contribution in [2.45, 2.75) is 30.8 Å². The molecule has 0 radical (unpaired) electrons.